The fraction of sp³-hybridized carbons (Fsp3) is 0.552. The Morgan fingerprint density at radius 1 is 0.896 bits per heavy atom. The molecule has 2 aromatic rings. The van der Waals surface area contributed by atoms with E-state index in [4.69, 9.17) is 42.6 Å². The molecule has 0 amide bonds. The van der Waals surface area contributed by atoms with Crippen LogP contribution in [0.1, 0.15) is 35.6 Å². The summed E-state index contributed by atoms with van der Waals surface area (Å²) in [6, 6.07) is 6.32. The van der Waals surface area contributed by atoms with Gasteiger partial charge in [0.05, 0.1) is 39.5 Å². The maximum absolute atomic E-state index is 13.5. The Morgan fingerprint density at radius 3 is 2.17 bits per heavy atom. The number of carbonyl (C=O) groups is 1. The van der Waals surface area contributed by atoms with Crippen LogP contribution >= 0.6 is 7.82 Å². The number of ether oxygens (including phenoxy) is 9. The molecule has 48 heavy (non-hydrogen) atoms. The summed E-state index contributed by atoms with van der Waals surface area (Å²) < 4.78 is 67.5. The molecule has 2 aromatic carbocycles. The molecule has 4 heterocycles. The van der Waals surface area contributed by atoms with Crippen molar-refractivity contribution in [2.45, 2.75) is 55.9 Å². The molecule has 250 valence electrons. The fourth-order valence-corrected chi connectivity index (χ4v) is 7.33. The molecule has 7 rings (SSSR count). The van der Waals surface area contributed by atoms with Crippen molar-refractivity contribution in [3.05, 3.63) is 41.0 Å². The van der Waals surface area contributed by atoms with Gasteiger partial charge in [-0.2, -0.15) is 0 Å². The number of rotatable bonds is 7. The molecule has 0 aromatic heterocycles. The SMILES string of the molecule is COc1cc([C@@H]2c3cc4c(cc3[C@@H](O[C@@H]3O[C@@H]5CO[C@@H](C)O[C@H]5[C@H](O)[C@H]3O)[C@H]3COC(=O)[C@H]23)OCO4)cc(OC)c1OP(=O)([O-])[O-].[Na+].[Na+]. The molecule has 19 heteroatoms. The zero-order chi connectivity index (χ0) is 32.5. The van der Waals surface area contributed by atoms with Gasteiger partial charge < -0.3 is 71.7 Å². The number of benzene rings is 2. The first-order chi connectivity index (χ1) is 22.0. The van der Waals surface area contributed by atoms with Crippen LogP contribution in [0.4, 0.5) is 0 Å². The number of carbonyl (C=O) groups excluding carboxylic acids is 1. The van der Waals surface area contributed by atoms with Crippen LogP contribution in [0.3, 0.4) is 0 Å². The van der Waals surface area contributed by atoms with Gasteiger partial charge in [0, 0.05) is 11.8 Å². The molecule has 0 unspecified atom stereocenters. The monoisotopic (exact) mass is 712 g/mol. The Bertz CT molecular complexity index is 1540. The minimum Gasteiger partial charge on any atom is -0.780 e. The molecule has 2 N–H and O–H groups in total. The van der Waals surface area contributed by atoms with E-state index in [1.54, 1.807) is 19.1 Å². The Morgan fingerprint density at radius 2 is 1.54 bits per heavy atom. The minimum absolute atomic E-state index is 0. The molecule has 0 bridgehead atoms. The van der Waals surface area contributed by atoms with Crippen LogP contribution in [0.25, 0.3) is 0 Å². The van der Waals surface area contributed by atoms with Crippen LogP contribution in [0.5, 0.6) is 28.7 Å². The van der Waals surface area contributed by atoms with Crippen molar-refractivity contribution in [3.8, 4) is 28.7 Å². The van der Waals surface area contributed by atoms with Gasteiger partial charge in [-0.05, 0) is 47.9 Å². The van der Waals surface area contributed by atoms with Crippen LogP contribution in [0, 0.1) is 11.8 Å². The zero-order valence-corrected chi connectivity index (χ0v) is 31.7. The van der Waals surface area contributed by atoms with Crippen molar-refractivity contribution in [3.63, 3.8) is 0 Å². The number of esters is 1. The van der Waals surface area contributed by atoms with Crippen molar-refractivity contribution in [1.82, 2.24) is 0 Å². The maximum Gasteiger partial charge on any atom is 1.00 e. The van der Waals surface area contributed by atoms with Crippen molar-refractivity contribution < 1.29 is 136 Å². The number of phosphoric ester groups is 1. The molecule has 10 atom stereocenters. The first kappa shape index (κ1) is 38.1. The summed E-state index contributed by atoms with van der Waals surface area (Å²) >= 11 is 0. The molecule has 16 nitrogen and oxygen atoms in total. The molecule has 3 saturated heterocycles. The second kappa shape index (κ2) is 14.8. The minimum atomic E-state index is -5.50. The summed E-state index contributed by atoms with van der Waals surface area (Å²) in [6.45, 7) is 1.68. The second-order valence-electron chi connectivity index (χ2n) is 11.5. The predicted octanol–water partition coefficient (Wildman–Crippen LogP) is -6.15. The van der Waals surface area contributed by atoms with E-state index in [-0.39, 0.29) is 90.6 Å². The summed E-state index contributed by atoms with van der Waals surface area (Å²) in [6.07, 6.45) is -7.25. The average Bonchev–Trinajstić information content (AvgIpc) is 3.64. The van der Waals surface area contributed by atoms with Gasteiger partial charge in [0.1, 0.15) is 32.2 Å². The van der Waals surface area contributed by atoms with Gasteiger partial charge in [-0.25, -0.2) is 0 Å². The largest absolute Gasteiger partial charge is 1.00 e. The molecule has 4 aliphatic heterocycles. The number of hydrogen-bond donors (Lipinski definition) is 2. The van der Waals surface area contributed by atoms with Crippen LogP contribution in [0.2, 0.25) is 0 Å². The molecular formula is C29H31Na2O16P. The quantitative estimate of drug-likeness (QED) is 0.155. The number of phosphoric acid groups is 1. The van der Waals surface area contributed by atoms with Crippen molar-refractivity contribution >= 4 is 13.8 Å². The molecular weight excluding hydrogens is 681 g/mol. The summed E-state index contributed by atoms with van der Waals surface area (Å²) in [7, 11) is -2.99. The molecule has 1 aliphatic carbocycles. The number of methoxy groups -OCH3 is 2. The Kier molecular flexibility index (Phi) is 11.7. The molecule has 0 radical (unpaired) electrons. The first-order valence-corrected chi connectivity index (χ1v) is 15.9. The van der Waals surface area contributed by atoms with Gasteiger partial charge in [-0.15, -0.1) is 0 Å². The van der Waals surface area contributed by atoms with E-state index in [0.29, 0.717) is 28.2 Å². The summed E-state index contributed by atoms with van der Waals surface area (Å²) in [4.78, 5) is 36.5. The third-order valence-corrected chi connectivity index (χ3v) is 9.34. The van der Waals surface area contributed by atoms with E-state index in [2.05, 4.69) is 4.52 Å². The van der Waals surface area contributed by atoms with Gasteiger partial charge in [0.2, 0.25) is 12.5 Å². The van der Waals surface area contributed by atoms with Gasteiger partial charge in [-0.3, -0.25) is 4.79 Å². The zero-order valence-electron chi connectivity index (χ0n) is 26.8. The van der Waals surface area contributed by atoms with Crippen LogP contribution < -0.4 is 92.4 Å². The molecule has 0 saturated carbocycles. The van der Waals surface area contributed by atoms with Gasteiger partial charge in [0.25, 0.3) is 0 Å². The normalized spacial score (nSPS) is 33.2. The van der Waals surface area contributed by atoms with Crippen LogP contribution in [-0.2, 0) is 33.0 Å². The van der Waals surface area contributed by atoms with Crippen molar-refractivity contribution in [1.29, 1.82) is 0 Å². The maximum atomic E-state index is 13.5. The van der Waals surface area contributed by atoms with Gasteiger partial charge in [0.15, 0.2) is 35.6 Å². The Balaban J connectivity index is 0.00000225. The number of aliphatic hydroxyl groups is 2. The smallest absolute Gasteiger partial charge is 0.780 e. The molecule has 5 aliphatic rings. The third-order valence-electron chi connectivity index (χ3n) is 8.93. The second-order valence-corrected chi connectivity index (χ2v) is 12.6. The van der Waals surface area contributed by atoms with E-state index >= 15 is 0 Å². The van der Waals surface area contributed by atoms with E-state index in [1.807, 2.05) is 0 Å². The van der Waals surface area contributed by atoms with Crippen molar-refractivity contribution in [2.24, 2.45) is 11.8 Å². The number of hydrogen-bond acceptors (Lipinski definition) is 16. The average molecular weight is 713 g/mol. The van der Waals surface area contributed by atoms with E-state index < -0.39 is 80.4 Å². The standard InChI is InChI=1S/C29H33O16P.2Na/c1-11-38-9-20-27(42-11)23(30)24(31)29(43-20)44-25-14-7-17-16(40-10-41-17)6-13(14)21(22-15(25)8-39-28(22)32)12-4-18(36-2)26(19(5-12)37-3)45-46(33,34)35;;/h4-7,11,15,20-25,27,29-31H,8-10H2,1-3H3,(H2,33,34,35);;/q;2*+1/p-2/t11-,15+,20-,21-,22+,23-,24-,25-,27-,29+;;/m1../s1. The molecule has 3 fully saturated rings. The van der Waals surface area contributed by atoms with E-state index in [9.17, 15) is 29.4 Å². The fourth-order valence-electron chi connectivity index (χ4n) is 6.92. The van der Waals surface area contributed by atoms with E-state index in [1.165, 1.54) is 26.4 Å². The first-order valence-electron chi connectivity index (χ1n) is 14.5. The van der Waals surface area contributed by atoms with Gasteiger partial charge >= 0.3 is 65.1 Å². The van der Waals surface area contributed by atoms with Crippen LogP contribution in [-0.4, -0.2) is 87.4 Å². The summed E-state index contributed by atoms with van der Waals surface area (Å²) in [5, 5.41) is 22.0. The number of cyclic esters (lactones) is 1. The number of fused-ring (bicyclic) bond motifs is 4. The van der Waals surface area contributed by atoms with Gasteiger partial charge in [-0.1, -0.05) is 0 Å². The predicted molar refractivity (Wildman–Crippen MR) is 145 cm³/mol. The topological polar surface area (TPSA) is 213 Å². The summed E-state index contributed by atoms with van der Waals surface area (Å²) in [5.41, 5.74) is 1.57. The van der Waals surface area contributed by atoms with Crippen molar-refractivity contribution in [2.75, 3.05) is 34.2 Å². The summed E-state index contributed by atoms with van der Waals surface area (Å²) in [5.74, 6) is -2.66. The van der Waals surface area contributed by atoms with Crippen LogP contribution in [0.15, 0.2) is 24.3 Å². The van der Waals surface area contributed by atoms with E-state index in [0.717, 1.165) is 0 Å². The number of aliphatic hydroxyl groups excluding tert-OH is 2. The Labute approximate surface area is 319 Å². The molecule has 0 spiro atoms. The third kappa shape index (κ3) is 6.88. The Hall–Kier alpha value is -1.18.